The first-order valence-corrected chi connectivity index (χ1v) is 7.10. The Hall–Kier alpha value is -0.0800. The van der Waals surface area contributed by atoms with Crippen molar-refractivity contribution in [2.24, 2.45) is 17.3 Å². The molecule has 2 aliphatic carbocycles. The minimum atomic E-state index is -0.602. The second kappa shape index (κ2) is 3.96. The van der Waals surface area contributed by atoms with Gasteiger partial charge in [-0.15, -0.1) is 0 Å². The van der Waals surface area contributed by atoms with Crippen molar-refractivity contribution in [2.45, 2.75) is 77.4 Å². The van der Waals surface area contributed by atoms with Gasteiger partial charge in [0.15, 0.2) is 0 Å². The summed E-state index contributed by atoms with van der Waals surface area (Å²) < 4.78 is 0. The van der Waals surface area contributed by atoms with Gasteiger partial charge in [0, 0.05) is 0 Å². The molecule has 0 amide bonds. The summed E-state index contributed by atoms with van der Waals surface area (Å²) in [7, 11) is 0. The summed E-state index contributed by atoms with van der Waals surface area (Å²) in [6.07, 6.45) is 6.55. The smallest absolute Gasteiger partial charge is 0.0653 e. The molecule has 0 radical (unpaired) electrons. The molecule has 4 atom stereocenters. The second-order valence-electron chi connectivity index (χ2n) is 7.54. The van der Waals surface area contributed by atoms with E-state index < -0.39 is 11.2 Å². The van der Waals surface area contributed by atoms with E-state index in [1.807, 2.05) is 20.8 Å². The highest BCUT2D eigenvalue weighted by molar-refractivity contribution is 5.03. The summed E-state index contributed by atoms with van der Waals surface area (Å²) in [6, 6.07) is 0. The van der Waals surface area contributed by atoms with E-state index in [9.17, 15) is 10.2 Å². The van der Waals surface area contributed by atoms with Gasteiger partial charge in [0.2, 0.25) is 0 Å². The molecule has 0 aromatic rings. The molecule has 0 saturated heterocycles. The van der Waals surface area contributed by atoms with Crippen LogP contribution in [0.15, 0.2) is 0 Å². The zero-order valence-electron chi connectivity index (χ0n) is 11.8. The molecule has 0 aromatic carbocycles. The molecule has 2 heteroatoms. The number of aliphatic hydroxyl groups is 2. The predicted molar refractivity (Wildman–Crippen MR) is 69.7 cm³/mol. The maximum atomic E-state index is 10.6. The van der Waals surface area contributed by atoms with Crippen molar-refractivity contribution in [1.29, 1.82) is 0 Å². The molecule has 0 aliphatic heterocycles. The molecule has 2 fully saturated rings. The summed E-state index contributed by atoms with van der Waals surface area (Å²) in [5.41, 5.74) is -0.838. The second-order valence-corrected chi connectivity index (χ2v) is 7.54. The van der Waals surface area contributed by atoms with E-state index in [0.29, 0.717) is 17.3 Å². The molecule has 2 saturated carbocycles. The van der Waals surface area contributed by atoms with Gasteiger partial charge in [0.1, 0.15) is 0 Å². The highest BCUT2D eigenvalue weighted by Crippen LogP contribution is 2.56. The first kappa shape index (κ1) is 13.4. The third-order valence-electron chi connectivity index (χ3n) is 5.61. The lowest BCUT2D eigenvalue weighted by Crippen LogP contribution is -2.53. The van der Waals surface area contributed by atoms with E-state index in [-0.39, 0.29) is 0 Å². The molecule has 0 unspecified atom stereocenters. The average molecular weight is 240 g/mol. The fourth-order valence-corrected chi connectivity index (χ4v) is 4.33. The zero-order valence-corrected chi connectivity index (χ0v) is 11.8. The molecule has 100 valence electrons. The molecule has 0 heterocycles. The number of fused-ring (bicyclic) bond motifs is 1. The van der Waals surface area contributed by atoms with Crippen molar-refractivity contribution in [1.82, 2.24) is 0 Å². The van der Waals surface area contributed by atoms with E-state index in [1.54, 1.807) is 0 Å². The average Bonchev–Trinajstić information content (AvgIpc) is 2.14. The van der Waals surface area contributed by atoms with Crippen LogP contribution in [0.25, 0.3) is 0 Å². The van der Waals surface area contributed by atoms with Gasteiger partial charge in [0.25, 0.3) is 0 Å². The van der Waals surface area contributed by atoms with Crippen LogP contribution in [0.2, 0.25) is 0 Å². The van der Waals surface area contributed by atoms with Crippen LogP contribution in [0.3, 0.4) is 0 Å². The summed E-state index contributed by atoms with van der Waals surface area (Å²) in [4.78, 5) is 0. The Labute approximate surface area is 105 Å². The van der Waals surface area contributed by atoms with E-state index in [2.05, 4.69) is 6.92 Å². The number of hydrogen-bond acceptors (Lipinski definition) is 2. The Kier molecular flexibility index (Phi) is 3.11. The van der Waals surface area contributed by atoms with Gasteiger partial charge in [-0.2, -0.15) is 0 Å². The fourth-order valence-electron chi connectivity index (χ4n) is 4.33. The molecule has 17 heavy (non-hydrogen) atoms. The molecule has 2 rings (SSSR count). The molecule has 2 aliphatic rings. The van der Waals surface area contributed by atoms with Crippen LogP contribution in [-0.4, -0.2) is 21.4 Å². The van der Waals surface area contributed by atoms with E-state index in [1.165, 1.54) is 6.42 Å². The minimum Gasteiger partial charge on any atom is -0.390 e. The van der Waals surface area contributed by atoms with Gasteiger partial charge in [-0.05, 0) is 70.1 Å². The van der Waals surface area contributed by atoms with Crippen molar-refractivity contribution in [3.63, 3.8) is 0 Å². The Balaban J connectivity index is 2.20. The lowest BCUT2D eigenvalue weighted by atomic mass is 9.52. The van der Waals surface area contributed by atoms with Crippen LogP contribution < -0.4 is 0 Å². The van der Waals surface area contributed by atoms with Crippen LogP contribution in [0.1, 0.15) is 66.2 Å². The lowest BCUT2D eigenvalue weighted by molar-refractivity contribution is -0.143. The van der Waals surface area contributed by atoms with Gasteiger partial charge in [-0.25, -0.2) is 0 Å². The monoisotopic (exact) mass is 240 g/mol. The van der Waals surface area contributed by atoms with Gasteiger partial charge in [-0.3, -0.25) is 0 Å². The first-order chi connectivity index (χ1) is 7.65. The third-order valence-corrected chi connectivity index (χ3v) is 5.61. The van der Waals surface area contributed by atoms with Gasteiger partial charge < -0.3 is 10.2 Å². The van der Waals surface area contributed by atoms with E-state index in [0.717, 1.165) is 32.1 Å². The van der Waals surface area contributed by atoms with Crippen LogP contribution >= 0.6 is 0 Å². The quantitative estimate of drug-likeness (QED) is 0.739. The van der Waals surface area contributed by atoms with Gasteiger partial charge in [-0.1, -0.05) is 13.3 Å². The Morgan fingerprint density at radius 1 is 1.12 bits per heavy atom. The number of hydrogen-bond donors (Lipinski definition) is 2. The zero-order chi connectivity index (χ0) is 12.9. The summed E-state index contributed by atoms with van der Waals surface area (Å²) in [5, 5.41) is 20.8. The predicted octanol–water partition coefficient (Wildman–Crippen LogP) is 3.11. The van der Waals surface area contributed by atoms with Gasteiger partial charge >= 0.3 is 0 Å². The Morgan fingerprint density at radius 2 is 1.76 bits per heavy atom. The van der Waals surface area contributed by atoms with Gasteiger partial charge in [0.05, 0.1) is 11.2 Å². The van der Waals surface area contributed by atoms with Crippen molar-refractivity contribution in [3.05, 3.63) is 0 Å². The SMILES string of the molecule is CC(C)(O)[C@H]1CC[C@@]2(C)CCC[C@](C)(O)[C@@H]2C1. The minimum absolute atomic E-state index is 0.295. The lowest BCUT2D eigenvalue weighted by Gasteiger charge is -2.55. The molecular formula is C15H28O2. The maximum absolute atomic E-state index is 10.6. The van der Waals surface area contributed by atoms with Crippen LogP contribution in [0.4, 0.5) is 0 Å². The van der Waals surface area contributed by atoms with Crippen molar-refractivity contribution >= 4 is 0 Å². The molecule has 2 nitrogen and oxygen atoms in total. The van der Waals surface area contributed by atoms with Crippen LogP contribution in [0.5, 0.6) is 0 Å². The highest BCUT2D eigenvalue weighted by Gasteiger charge is 2.52. The normalized spacial score (nSPS) is 47.6. The molecule has 0 aromatic heterocycles. The maximum Gasteiger partial charge on any atom is 0.0653 e. The number of rotatable bonds is 1. The largest absolute Gasteiger partial charge is 0.390 e. The van der Waals surface area contributed by atoms with Crippen molar-refractivity contribution in [3.8, 4) is 0 Å². The molecule has 0 bridgehead atoms. The first-order valence-electron chi connectivity index (χ1n) is 7.10. The molecule has 0 spiro atoms. The summed E-state index contributed by atoms with van der Waals surface area (Å²) in [6.45, 7) is 8.17. The Bertz CT molecular complexity index is 290. The third kappa shape index (κ3) is 2.39. The standard InChI is InChI=1S/C15H28O2/c1-13(2,16)11-6-9-14(3)7-5-8-15(4,17)12(14)10-11/h11-12,16-17H,5-10H2,1-4H3/t11-,12+,14+,15-/m0/s1. The summed E-state index contributed by atoms with van der Waals surface area (Å²) in [5.74, 6) is 0.694. The van der Waals surface area contributed by atoms with E-state index >= 15 is 0 Å². The van der Waals surface area contributed by atoms with Crippen molar-refractivity contribution < 1.29 is 10.2 Å². The highest BCUT2D eigenvalue weighted by atomic mass is 16.3. The topological polar surface area (TPSA) is 40.5 Å². The van der Waals surface area contributed by atoms with Crippen LogP contribution in [-0.2, 0) is 0 Å². The van der Waals surface area contributed by atoms with E-state index in [4.69, 9.17) is 0 Å². The Morgan fingerprint density at radius 3 is 2.35 bits per heavy atom. The fraction of sp³-hybridized carbons (Fsp3) is 1.00. The van der Waals surface area contributed by atoms with Crippen LogP contribution in [0, 0.1) is 17.3 Å². The summed E-state index contributed by atoms with van der Waals surface area (Å²) >= 11 is 0. The van der Waals surface area contributed by atoms with Crippen molar-refractivity contribution in [2.75, 3.05) is 0 Å². The molecule has 2 N–H and O–H groups in total. The molecular weight excluding hydrogens is 212 g/mol.